The molecule has 1 saturated heterocycles. The minimum atomic E-state index is -0.223. The van der Waals surface area contributed by atoms with Crippen LogP contribution in [0, 0.1) is 0 Å². The fourth-order valence-corrected chi connectivity index (χ4v) is 2.95. The lowest BCUT2D eigenvalue weighted by Crippen LogP contribution is -2.32. The van der Waals surface area contributed by atoms with Crippen molar-refractivity contribution in [1.82, 2.24) is 15.2 Å². The van der Waals surface area contributed by atoms with Gasteiger partial charge in [0.25, 0.3) is 5.91 Å². The Morgan fingerprint density at radius 2 is 2.15 bits per heavy atom. The van der Waals surface area contributed by atoms with Crippen LogP contribution in [-0.2, 0) is 11.2 Å². The highest BCUT2D eigenvalue weighted by atomic mass is 32.1. The Morgan fingerprint density at radius 1 is 1.40 bits per heavy atom. The first-order valence-corrected chi connectivity index (χ1v) is 7.79. The molecule has 2 amide bonds. The van der Waals surface area contributed by atoms with Crippen LogP contribution in [0.3, 0.4) is 0 Å². The maximum absolute atomic E-state index is 11.8. The summed E-state index contributed by atoms with van der Waals surface area (Å²) in [5.41, 5.74) is 5.85. The third-order valence-corrected chi connectivity index (χ3v) is 4.13. The fourth-order valence-electron chi connectivity index (χ4n) is 2.15. The molecule has 1 aliphatic heterocycles. The first-order chi connectivity index (χ1) is 9.70. The standard InChI is InChI=1S/C13H20N4O2S/c14-5-3-11-16-10(9-20-11)13(19)15-6-4-12(18)17-7-1-2-8-17/h9H,1-8,14H2,(H,15,19). The molecule has 3 N–H and O–H groups in total. The maximum Gasteiger partial charge on any atom is 0.270 e. The zero-order valence-electron chi connectivity index (χ0n) is 11.4. The molecule has 0 aromatic carbocycles. The second-order valence-electron chi connectivity index (χ2n) is 4.76. The molecule has 1 aromatic heterocycles. The van der Waals surface area contributed by atoms with Gasteiger partial charge in [0, 0.05) is 37.9 Å². The summed E-state index contributed by atoms with van der Waals surface area (Å²) in [7, 11) is 0. The lowest BCUT2D eigenvalue weighted by molar-refractivity contribution is -0.129. The predicted molar refractivity (Wildman–Crippen MR) is 77.6 cm³/mol. The van der Waals surface area contributed by atoms with Gasteiger partial charge in [-0.2, -0.15) is 0 Å². The van der Waals surface area contributed by atoms with Gasteiger partial charge < -0.3 is 16.0 Å². The SMILES string of the molecule is NCCc1nc(C(=O)NCCC(=O)N2CCCC2)cs1. The molecule has 20 heavy (non-hydrogen) atoms. The van der Waals surface area contributed by atoms with Crippen LogP contribution in [0.2, 0.25) is 0 Å². The van der Waals surface area contributed by atoms with Gasteiger partial charge in [0.2, 0.25) is 5.91 Å². The molecule has 0 aliphatic carbocycles. The molecule has 6 nitrogen and oxygen atoms in total. The molecule has 0 bridgehead atoms. The van der Waals surface area contributed by atoms with E-state index in [1.165, 1.54) is 11.3 Å². The zero-order valence-corrected chi connectivity index (χ0v) is 12.2. The smallest absolute Gasteiger partial charge is 0.270 e. The van der Waals surface area contributed by atoms with Gasteiger partial charge in [0.1, 0.15) is 5.69 Å². The number of carbonyl (C=O) groups is 2. The van der Waals surface area contributed by atoms with Gasteiger partial charge in [-0.15, -0.1) is 11.3 Å². The average molecular weight is 296 g/mol. The van der Waals surface area contributed by atoms with Crippen LogP contribution in [0.25, 0.3) is 0 Å². The molecule has 1 aromatic rings. The molecule has 1 aliphatic rings. The molecule has 110 valence electrons. The first kappa shape index (κ1) is 14.9. The lowest BCUT2D eigenvalue weighted by Gasteiger charge is -2.14. The number of nitrogens with zero attached hydrogens (tertiary/aromatic N) is 2. The van der Waals surface area contributed by atoms with Gasteiger partial charge >= 0.3 is 0 Å². The van der Waals surface area contributed by atoms with Gasteiger partial charge in [0.05, 0.1) is 5.01 Å². The van der Waals surface area contributed by atoms with Crippen molar-refractivity contribution < 1.29 is 9.59 Å². The van der Waals surface area contributed by atoms with Gasteiger partial charge in [0.15, 0.2) is 0 Å². The van der Waals surface area contributed by atoms with Gasteiger partial charge in [-0.05, 0) is 19.4 Å². The van der Waals surface area contributed by atoms with E-state index in [0.29, 0.717) is 31.6 Å². The van der Waals surface area contributed by atoms with Crippen molar-refractivity contribution in [2.75, 3.05) is 26.2 Å². The van der Waals surface area contributed by atoms with Gasteiger partial charge in [-0.1, -0.05) is 0 Å². The molecule has 2 heterocycles. The lowest BCUT2D eigenvalue weighted by atomic mass is 10.3. The number of likely N-dealkylation sites (tertiary alicyclic amines) is 1. The molecule has 1 fully saturated rings. The van der Waals surface area contributed by atoms with Crippen molar-refractivity contribution >= 4 is 23.2 Å². The zero-order chi connectivity index (χ0) is 14.4. The highest BCUT2D eigenvalue weighted by Gasteiger charge is 2.18. The molecular formula is C13H20N4O2S. The Labute approximate surface area is 122 Å². The van der Waals surface area contributed by atoms with Crippen LogP contribution in [0.5, 0.6) is 0 Å². The van der Waals surface area contributed by atoms with Crippen molar-refractivity contribution in [3.63, 3.8) is 0 Å². The molecule has 0 spiro atoms. The summed E-state index contributed by atoms with van der Waals surface area (Å²) in [5, 5.41) is 5.33. The molecule has 0 atom stereocenters. The summed E-state index contributed by atoms with van der Waals surface area (Å²) in [6.07, 6.45) is 3.21. The Morgan fingerprint density at radius 3 is 2.85 bits per heavy atom. The number of thiazole rings is 1. The van der Waals surface area contributed by atoms with Crippen molar-refractivity contribution in [2.45, 2.75) is 25.7 Å². The minimum absolute atomic E-state index is 0.116. The summed E-state index contributed by atoms with van der Waals surface area (Å²) < 4.78 is 0. The van der Waals surface area contributed by atoms with Gasteiger partial charge in [-0.25, -0.2) is 4.98 Å². The molecule has 2 rings (SSSR count). The number of aromatic nitrogens is 1. The van der Waals surface area contributed by atoms with Crippen LogP contribution in [0.4, 0.5) is 0 Å². The van der Waals surface area contributed by atoms with E-state index in [9.17, 15) is 9.59 Å². The Kier molecular flexibility index (Phi) is 5.49. The number of nitrogens with one attached hydrogen (secondary N) is 1. The summed E-state index contributed by atoms with van der Waals surface area (Å²) in [6, 6.07) is 0. The molecule has 0 saturated carbocycles. The monoisotopic (exact) mass is 296 g/mol. The molecular weight excluding hydrogens is 276 g/mol. The van der Waals surface area contributed by atoms with E-state index in [0.717, 1.165) is 30.9 Å². The fraction of sp³-hybridized carbons (Fsp3) is 0.615. The van der Waals surface area contributed by atoms with Crippen molar-refractivity contribution in [1.29, 1.82) is 0 Å². The van der Waals surface area contributed by atoms with Crippen molar-refractivity contribution in [3.8, 4) is 0 Å². The topological polar surface area (TPSA) is 88.3 Å². The first-order valence-electron chi connectivity index (χ1n) is 6.91. The molecule has 7 heteroatoms. The highest BCUT2D eigenvalue weighted by Crippen LogP contribution is 2.10. The van der Waals surface area contributed by atoms with Crippen LogP contribution >= 0.6 is 11.3 Å². The highest BCUT2D eigenvalue weighted by molar-refractivity contribution is 7.09. The predicted octanol–water partition coefficient (Wildman–Crippen LogP) is 0.387. The van der Waals surface area contributed by atoms with Crippen LogP contribution in [0.15, 0.2) is 5.38 Å². The normalized spacial score (nSPS) is 14.6. The molecule has 0 unspecified atom stereocenters. The summed E-state index contributed by atoms with van der Waals surface area (Å²) >= 11 is 1.44. The van der Waals surface area contributed by atoms with E-state index in [-0.39, 0.29) is 11.8 Å². The largest absolute Gasteiger partial charge is 0.350 e. The van der Waals surface area contributed by atoms with Gasteiger partial charge in [-0.3, -0.25) is 9.59 Å². The quantitative estimate of drug-likeness (QED) is 0.794. The maximum atomic E-state index is 11.8. The minimum Gasteiger partial charge on any atom is -0.350 e. The van der Waals surface area contributed by atoms with Crippen molar-refractivity contribution in [2.24, 2.45) is 5.73 Å². The Bertz CT molecular complexity index is 469. The summed E-state index contributed by atoms with van der Waals surface area (Å²) in [5.74, 6) is -0.108. The van der Waals surface area contributed by atoms with Crippen molar-refractivity contribution in [3.05, 3.63) is 16.1 Å². The summed E-state index contributed by atoms with van der Waals surface area (Å²) in [6.45, 7) is 2.58. The van der Waals surface area contributed by atoms with E-state index in [1.807, 2.05) is 4.90 Å². The number of carbonyl (C=O) groups excluding carboxylic acids is 2. The van der Waals surface area contributed by atoms with E-state index < -0.39 is 0 Å². The Hall–Kier alpha value is -1.47. The second kappa shape index (κ2) is 7.35. The number of hydrogen-bond acceptors (Lipinski definition) is 5. The van der Waals surface area contributed by atoms with Crippen LogP contribution < -0.4 is 11.1 Å². The number of hydrogen-bond donors (Lipinski definition) is 2. The van der Waals surface area contributed by atoms with Crippen LogP contribution in [-0.4, -0.2) is 47.9 Å². The third-order valence-electron chi connectivity index (χ3n) is 3.23. The van der Waals surface area contributed by atoms with E-state index in [4.69, 9.17) is 5.73 Å². The second-order valence-corrected chi connectivity index (χ2v) is 5.70. The number of nitrogens with two attached hydrogens (primary N) is 1. The molecule has 0 radical (unpaired) electrons. The Balaban J connectivity index is 1.72. The number of rotatable bonds is 6. The third kappa shape index (κ3) is 4.01. The van der Waals surface area contributed by atoms with Crippen LogP contribution in [0.1, 0.15) is 34.8 Å². The average Bonchev–Trinajstić information content (AvgIpc) is 3.10. The van der Waals surface area contributed by atoms with E-state index >= 15 is 0 Å². The number of amides is 2. The van der Waals surface area contributed by atoms with E-state index in [2.05, 4.69) is 10.3 Å². The van der Waals surface area contributed by atoms with E-state index in [1.54, 1.807) is 5.38 Å². The summed E-state index contributed by atoms with van der Waals surface area (Å²) in [4.78, 5) is 29.7.